The molecule has 1 atom stereocenters. The first kappa shape index (κ1) is 13.1. The van der Waals surface area contributed by atoms with Gasteiger partial charge in [0.05, 0.1) is 0 Å². The first-order valence-electron chi connectivity index (χ1n) is 4.03. The molecule has 1 unspecified atom stereocenters. The van der Waals surface area contributed by atoms with Gasteiger partial charge in [-0.15, -0.1) is 0 Å². The van der Waals surface area contributed by atoms with Gasteiger partial charge in [-0.3, -0.25) is 19.2 Å². The molecular formula is C8H10O7. The summed E-state index contributed by atoms with van der Waals surface area (Å²) in [5, 5.41) is 25.1. The van der Waals surface area contributed by atoms with Crippen LogP contribution >= 0.6 is 0 Å². The quantitative estimate of drug-likeness (QED) is 0.495. The van der Waals surface area contributed by atoms with E-state index in [0.717, 1.165) is 0 Å². The second-order valence-electron chi connectivity index (χ2n) is 2.86. The molecule has 0 aliphatic carbocycles. The molecule has 3 N–H and O–H groups in total. The predicted octanol–water partition coefficient (Wildman–Crippen LogP) is -0.404. The average molecular weight is 218 g/mol. The Balaban J connectivity index is 4.38. The number of carbonyl (C=O) groups is 4. The second kappa shape index (κ2) is 5.74. The first-order valence-corrected chi connectivity index (χ1v) is 4.03. The van der Waals surface area contributed by atoms with E-state index in [1.807, 2.05) is 0 Å². The molecule has 15 heavy (non-hydrogen) atoms. The van der Waals surface area contributed by atoms with Crippen molar-refractivity contribution in [1.29, 1.82) is 0 Å². The number of carboxylic acid groups (broad SMARTS) is 3. The molecule has 0 bridgehead atoms. The first-order chi connectivity index (χ1) is 6.84. The zero-order valence-electron chi connectivity index (χ0n) is 7.67. The Morgan fingerprint density at radius 3 is 1.80 bits per heavy atom. The Labute approximate surface area is 84.3 Å². The van der Waals surface area contributed by atoms with Crippen molar-refractivity contribution < 1.29 is 34.5 Å². The number of carbonyl (C=O) groups excluding carboxylic acids is 1. The topological polar surface area (TPSA) is 129 Å². The van der Waals surface area contributed by atoms with Crippen LogP contribution < -0.4 is 0 Å². The standard InChI is InChI=1S/C8H10O7/c9-5(3-7(12)13)4(8(14)15)1-2-6(10)11/h4H,1-3H2,(H,10,11)(H,12,13)(H,14,15). The van der Waals surface area contributed by atoms with Gasteiger partial charge in [0.2, 0.25) is 0 Å². The predicted molar refractivity (Wildman–Crippen MR) is 45.3 cm³/mol. The molecule has 0 radical (unpaired) electrons. The van der Waals surface area contributed by atoms with E-state index in [4.69, 9.17) is 15.3 Å². The van der Waals surface area contributed by atoms with Gasteiger partial charge in [-0.2, -0.15) is 0 Å². The minimum absolute atomic E-state index is 0.392. The largest absolute Gasteiger partial charge is 0.481 e. The van der Waals surface area contributed by atoms with Crippen LogP contribution in [0.3, 0.4) is 0 Å². The molecule has 7 nitrogen and oxygen atoms in total. The lowest BCUT2D eigenvalue weighted by Crippen LogP contribution is -2.26. The molecular weight excluding hydrogens is 208 g/mol. The maximum Gasteiger partial charge on any atom is 0.314 e. The SMILES string of the molecule is O=C(O)CCC(C(=O)O)C(=O)CC(=O)O. The van der Waals surface area contributed by atoms with Crippen LogP contribution in [0.1, 0.15) is 19.3 Å². The van der Waals surface area contributed by atoms with E-state index in [1.54, 1.807) is 0 Å². The number of aliphatic carboxylic acids is 3. The van der Waals surface area contributed by atoms with E-state index in [0.29, 0.717) is 0 Å². The molecule has 0 aromatic heterocycles. The zero-order valence-corrected chi connectivity index (χ0v) is 7.67. The van der Waals surface area contributed by atoms with Gasteiger partial charge in [0.15, 0.2) is 5.78 Å². The highest BCUT2D eigenvalue weighted by Crippen LogP contribution is 2.10. The Kier molecular flexibility index (Phi) is 5.00. The summed E-state index contributed by atoms with van der Waals surface area (Å²) in [4.78, 5) is 41.9. The number of rotatable bonds is 7. The lowest BCUT2D eigenvalue weighted by molar-refractivity contribution is -0.148. The van der Waals surface area contributed by atoms with E-state index in [9.17, 15) is 19.2 Å². The van der Waals surface area contributed by atoms with Gasteiger partial charge in [0.25, 0.3) is 0 Å². The third kappa shape index (κ3) is 5.40. The van der Waals surface area contributed by atoms with Crippen molar-refractivity contribution >= 4 is 23.7 Å². The Bertz CT molecular complexity index is 293. The smallest absolute Gasteiger partial charge is 0.314 e. The summed E-state index contributed by atoms with van der Waals surface area (Å²) < 4.78 is 0. The van der Waals surface area contributed by atoms with E-state index in [1.165, 1.54) is 0 Å². The zero-order chi connectivity index (χ0) is 12.0. The summed E-state index contributed by atoms with van der Waals surface area (Å²) in [5.74, 6) is -6.71. The van der Waals surface area contributed by atoms with Crippen molar-refractivity contribution in [3.63, 3.8) is 0 Å². The van der Waals surface area contributed by atoms with Crippen molar-refractivity contribution in [3.05, 3.63) is 0 Å². The normalized spacial score (nSPS) is 11.7. The van der Waals surface area contributed by atoms with E-state index >= 15 is 0 Å². The van der Waals surface area contributed by atoms with Crippen molar-refractivity contribution in [2.24, 2.45) is 5.92 Å². The molecule has 0 fully saturated rings. The molecule has 84 valence electrons. The van der Waals surface area contributed by atoms with Crippen molar-refractivity contribution in [1.82, 2.24) is 0 Å². The number of Topliss-reactive ketones (excluding diaryl/α,β-unsaturated/α-hetero) is 1. The Morgan fingerprint density at radius 2 is 1.47 bits per heavy atom. The lowest BCUT2D eigenvalue weighted by Gasteiger charge is -2.07. The summed E-state index contributed by atoms with van der Waals surface area (Å²) in [6.45, 7) is 0. The van der Waals surface area contributed by atoms with E-state index in [2.05, 4.69) is 0 Å². The van der Waals surface area contributed by atoms with Gasteiger partial charge < -0.3 is 15.3 Å². The fourth-order valence-corrected chi connectivity index (χ4v) is 0.962. The summed E-state index contributed by atoms with van der Waals surface area (Å²) in [6, 6.07) is 0. The van der Waals surface area contributed by atoms with E-state index < -0.39 is 48.9 Å². The molecule has 0 spiro atoms. The fraction of sp³-hybridized carbons (Fsp3) is 0.500. The van der Waals surface area contributed by atoms with Gasteiger partial charge in [0, 0.05) is 6.42 Å². The molecule has 0 amide bonds. The highest BCUT2D eigenvalue weighted by atomic mass is 16.4. The van der Waals surface area contributed by atoms with Crippen LogP contribution in [0.5, 0.6) is 0 Å². The molecule has 7 heteroatoms. The highest BCUT2D eigenvalue weighted by molar-refractivity contribution is 6.05. The number of hydrogen-bond acceptors (Lipinski definition) is 4. The fourth-order valence-electron chi connectivity index (χ4n) is 0.962. The highest BCUT2D eigenvalue weighted by Gasteiger charge is 2.27. The van der Waals surface area contributed by atoms with Crippen molar-refractivity contribution in [3.8, 4) is 0 Å². The second-order valence-corrected chi connectivity index (χ2v) is 2.86. The molecule has 0 saturated heterocycles. The van der Waals surface area contributed by atoms with Gasteiger partial charge in [-0.05, 0) is 6.42 Å². The van der Waals surface area contributed by atoms with Gasteiger partial charge in [0.1, 0.15) is 12.3 Å². The molecule has 0 aromatic carbocycles. The van der Waals surface area contributed by atoms with Gasteiger partial charge in [-0.1, -0.05) is 0 Å². The Morgan fingerprint density at radius 1 is 0.933 bits per heavy atom. The van der Waals surface area contributed by atoms with Crippen LogP contribution in [-0.4, -0.2) is 39.0 Å². The van der Waals surface area contributed by atoms with Crippen LogP contribution in [-0.2, 0) is 19.2 Å². The molecule has 0 saturated carbocycles. The summed E-state index contributed by atoms with van der Waals surface area (Å²) in [7, 11) is 0. The van der Waals surface area contributed by atoms with Gasteiger partial charge in [-0.25, -0.2) is 0 Å². The molecule has 0 rings (SSSR count). The maximum absolute atomic E-state index is 11.1. The van der Waals surface area contributed by atoms with Crippen LogP contribution in [0.25, 0.3) is 0 Å². The maximum atomic E-state index is 11.1. The van der Waals surface area contributed by atoms with Crippen molar-refractivity contribution in [2.45, 2.75) is 19.3 Å². The molecule has 0 aliphatic heterocycles. The summed E-state index contributed by atoms with van der Waals surface area (Å²) in [5.41, 5.74) is 0. The average Bonchev–Trinajstić information content (AvgIpc) is 2.01. The van der Waals surface area contributed by atoms with Gasteiger partial charge >= 0.3 is 17.9 Å². The summed E-state index contributed by atoms with van der Waals surface area (Å²) in [6.07, 6.45) is -1.78. The van der Waals surface area contributed by atoms with Crippen LogP contribution in [0.15, 0.2) is 0 Å². The third-order valence-corrected chi connectivity index (χ3v) is 1.66. The molecule has 0 aromatic rings. The number of hydrogen-bond donors (Lipinski definition) is 3. The number of ketones is 1. The summed E-state index contributed by atoms with van der Waals surface area (Å²) >= 11 is 0. The number of carboxylic acids is 3. The lowest BCUT2D eigenvalue weighted by atomic mass is 9.96. The van der Waals surface area contributed by atoms with Crippen LogP contribution in [0.4, 0.5) is 0 Å². The van der Waals surface area contributed by atoms with Crippen molar-refractivity contribution in [2.75, 3.05) is 0 Å². The minimum Gasteiger partial charge on any atom is -0.481 e. The monoisotopic (exact) mass is 218 g/mol. The van der Waals surface area contributed by atoms with Crippen LogP contribution in [0, 0.1) is 5.92 Å². The minimum atomic E-state index is -1.56. The van der Waals surface area contributed by atoms with Crippen LogP contribution in [0.2, 0.25) is 0 Å². The van der Waals surface area contributed by atoms with E-state index in [-0.39, 0.29) is 0 Å². The molecule has 0 aliphatic rings. The molecule has 0 heterocycles. The Hall–Kier alpha value is -1.92. The third-order valence-electron chi connectivity index (χ3n) is 1.66.